The molecule has 5 nitrogen and oxygen atoms in total. The highest BCUT2D eigenvalue weighted by Gasteiger charge is 2.40. The molecular weight excluding hydrogens is 410 g/mol. The molecule has 0 saturated heterocycles. The van der Waals surface area contributed by atoms with E-state index < -0.39 is 5.91 Å². The largest absolute Gasteiger partial charge is 0.366 e. The zero-order valence-corrected chi connectivity index (χ0v) is 20.9. The Labute approximate surface area is 198 Å². The first kappa shape index (κ1) is 23.6. The molecule has 1 aromatic heterocycles. The second kappa shape index (κ2) is 8.66. The highest BCUT2D eigenvalue weighted by Crippen LogP contribution is 2.48. The lowest BCUT2D eigenvalue weighted by atomic mass is 9.89. The lowest BCUT2D eigenvalue weighted by Gasteiger charge is -2.25. The van der Waals surface area contributed by atoms with Gasteiger partial charge in [0.1, 0.15) is 0 Å². The minimum absolute atomic E-state index is 0.0629. The van der Waals surface area contributed by atoms with E-state index >= 15 is 0 Å². The van der Waals surface area contributed by atoms with E-state index in [1.807, 2.05) is 45.9 Å². The van der Waals surface area contributed by atoms with Gasteiger partial charge in [-0.25, -0.2) is 0 Å². The van der Waals surface area contributed by atoms with Crippen LogP contribution < -0.4 is 11.1 Å². The summed E-state index contributed by atoms with van der Waals surface area (Å²) >= 11 is 0. The van der Waals surface area contributed by atoms with Gasteiger partial charge in [0, 0.05) is 29.0 Å². The molecule has 1 heterocycles. The standard InChI is InChI=1S/C28H39N3O2/c1-18-23(25(29)32)16-24(31(18)17-19-9-7-6-8-10-19)20-13-21(26(33)30-27(2,3)4)15-22(14-20)28(5)11-12-28/h13-16,19H,6-12,17H2,1-5H3,(H2,29,32)(H,30,33). The van der Waals surface area contributed by atoms with Crippen molar-refractivity contribution in [1.82, 2.24) is 9.88 Å². The molecule has 4 rings (SSSR count). The van der Waals surface area contributed by atoms with Crippen molar-refractivity contribution in [3.05, 3.63) is 46.6 Å². The van der Waals surface area contributed by atoms with Crippen LogP contribution in [-0.2, 0) is 12.0 Å². The fraction of sp³-hybridized carbons (Fsp3) is 0.571. The number of aromatic nitrogens is 1. The zero-order chi connectivity index (χ0) is 24.0. The number of nitrogens with two attached hydrogens (primary N) is 1. The Morgan fingerprint density at radius 3 is 2.33 bits per heavy atom. The van der Waals surface area contributed by atoms with Crippen molar-refractivity contribution in [3.8, 4) is 11.3 Å². The van der Waals surface area contributed by atoms with Crippen LogP contribution in [0.2, 0.25) is 0 Å². The molecule has 2 saturated carbocycles. The van der Waals surface area contributed by atoms with Crippen LogP contribution in [0.4, 0.5) is 0 Å². The predicted molar refractivity (Wildman–Crippen MR) is 134 cm³/mol. The molecule has 0 bridgehead atoms. The van der Waals surface area contributed by atoms with Gasteiger partial charge in [-0.1, -0.05) is 26.2 Å². The lowest BCUT2D eigenvalue weighted by molar-refractivity contribution is 0.0918. The molecule has 0 radical (unpaired) electrons. The van der Waals surface area contributed by atoms with Crippen LogP contribution in [0.5, 0.6) is 0 Å². The quantitative estimate of drug-likeness (QED) is 0.591. The summed E-state index contributed by atoms with van der Waals surface area (Å²) < 4.78 is 2.27. The Bertz CT molecular complexity index is 1060. The van der Waals surface area contributed by atoms with Crippen molar-refractivity contribution in [3.63, 3.8) is 0 Å². The highest BCUT2D eigenvalue weighted by molar-refractivity contribution is 5.98. The third-order valence-electron chi connectivity index (χ3n) is 7.47. The van der Waals surface area contributed by atoms with Crippen molar-refractivity contribution in [2.45, 2.75) is 97.1 Å². The number of benzene rings is 1. The monoisotopic (exact) mass is 449 g/mol. The van der Waals surface area contributed by atoms with Crippen molar-refractivity contribution in [1.29, 1.82) is 0 Å². The van der Waals surface area contributed by atoms with Crippen LogP contribution in [0.15, 0.2) is 24.3 Å². The second-order valence-corrected chi connectivity index (χ2v) is 11.6. The predicted octanol–water partition coefficient (Wildman–Crippen LogP) is 5.72. The van der Waals surface area contributed by atoms with Crippen LogP contribution in [0.3, 0.4) is 0 Å². The summed E-state index contributed by atoms with van der Waals surface area (Å²) in [5.41, 5.74) is 10.9. The first-order valence-electron chi connectivity index (χ1n) is 12.5. The Morgan fingerprint density at radius 2 is 1.76 bits per heavy atom. The van der Waals surface area contributed by atoms with Gasteiger partial charge >= 0.3 is 0 Å². The van der Waals surface area contributed by atoms with Gasteiger partial charge in [-0.05, 0) is 100 Å². The molecule has 0 unspecified atom stereocenters. The molecule has 1 aromatic carbocycles. The molecule has 2 aliphatic carbocycles. The van der Waals surface area contributed by atoms with Gasteiger partial charge in [0.15, 0.2) is 0 Å². The summed E-state index contributed by atoms with van der Waals surface area (Å²) in [5.74, 6) is 0.149. The van der Waals surface area contributed by atoms with Crippen LogP contribution in [0.25, 0.3) is 11.3 Å². The molecular formula is C28H39N3O2. The van der Waals surface area contributed by atoms with E-state index in [-0.39, 0.29) is 16.9 Å². The van der Waals surface area contributed by atoms with Gasteiger partial charge in [0.25, 0.3) is 11.8 Å². The van der Waals surface area contributed by atoms with Gasteiger partial charge in [-0.3, -0.25) is 9.59 Å². The minimum Gasteiger partial charge on any atom is -0.366 e. The number of carbonyl (C=O) groups excluding carboxylic acids is 2. The molecule has 0 aliphatic heterocycles. The number of nitrogens with one attached hydrogen (secondary N) is 1. The van der Waals surface area contributed by atoms with E-state index in [0.29, 0.717) is 17.0 Å². The molecule has 3 N–H and O–H groups in total. The van der Waals surface area contributed by atoms with Crippen molar-refractivity contribution >= 4 is 11.8 Å². The molecule has 0 spiro atoms. The summed E-state index contributed by atoms with van der Waals surface area (Å²) in [6.45, 7) is 11.1. The lowest BCUT2D eigenvalue weighted by Crippen LogP contribution is -2.40. The molecule has 2 amide bonds. The highest BCUT2D eigenvalue weighted by atomic mass is 16.2. The Kier molecular flexibility index (Phi) is 6.19. The number of nitrogens with zero attached hydrogens (tertiary/aromatic N) is 1. The Balaban J connectivity index is 1.81. The fourth-order valence-electron chi connectivity index (χ4n) is 5.14. The molecule has 0 atom stereocenters. The maximum Gasteiger partial charge on any atom is 0.251 e. The fourth-order valence-corrected chi connectivity index (χ4v) is 5.14. The molecule has 33 heavy (non-hydrogen) atoms. The number of amides is 2. The average Bonchev–Trinajstić information content (AvgIpc) is 3.42. The molecule has 2 aliphatic rings. The van der Waals surface area contributed by atoms with E-state index in [4.69, 9.17) is 5.73 Å². The number of carbonyl (C=O) groups is 2. The number of rotatable bonds is 6. The summed E-state index contributed by atoms with van der Waals surface area (Å²) in [5, 5.41) is 3.11. The van der Waals surface area contributed by atoms with Gasteiger partial charge in [0.05, 0.1) is 5.56 Å². The van der Waals surface area contributed by atoms with Crippen LogP contribution in [0, 0.1) is 12.8 Å². The molecule has 178 valence electrons. The number of primary amides is 1. The summed E-state index contributed by atoms with van der Waals surface area (Å²) in [6, 6.07) is 8.18. The first-order valence-corrected chi connectivity index (χ1v) is 12.5. The third kappa shape index (κ3) is 5.18. The van der Waals surface area contributed by atoms with E-state index in [1.165, 1.54) is 37.7 Å². The SMILES string of the molecule is Cc1c(C(N)=O)cc(-c2cc(C(=O)NC(C)(C)C)cc(C3(C)CC3)c2)n1CC1CCCCC1. The maximum absolute atomic E-state index is 13.1. The first-order chi connectivity index (χ1) is 15.5. The van der Waals surface area contributed by atoms with E-state index in [0.717, 1.165) is 36.3 Å². The van der Waals surface area contributed by atoms with Gasteiger partial charge in [-0.2, -0.15) is 0 Å². The van der Waals surface area contributed by atoms with Crippen molar-refractivity contribution in [2.75, 3.05) is 0 Å². The van der Waals surface area contributed by atoms with Crippen molar-refractivity contribution in [2.24, 2.45) is 11.7 Å². The van der Waals surface area contributed by atoms with Crippen LogP contribution >= 0.6 is 0 Å². The minimum atomic E-state index is -0.396. The summed E-state index contributed by atoms with van der Waals surface area (Å²) in [4.78, 5) is 25.4. The average molecular weight is 450 g/mol. The Morgan fingerprint density at radius 1 is 1.09 bits per heavy atom. The third-order valence-corrected chi connectivity index (χ3v) is 7.47. The van der Waals surface area contributed by atoms with E-state index in [9.17, 15) is 9.59 Å². The van der Waals surface area contributed by atoms with Crippen molar-refractivity contribution < 1.29 is 9.59 Å². The summed E-state index contributed by atoms with van der Waals surface area (Å²) in [7, 11) is 0. The number of hydrogen-bond acceptors (Lipinski definition) is 2. The maximum atomic E-state index is 13.1. The normalized spacial score (nSPS) is 18.2. The van der Waals surface area contributed by atoms with Gasteiger partial charge < -0.3 is 15.6 Å². The second-order valence-electron chi connectivity index (χ2n) is 11.6. The van der Waals surface area contributed by atoms with Gasteiger partial charge in [0.2, 0.25) is 0 Å². The van der Waals surface area contributed by atoms with Gasteiger partial charge in [-0.15, -0.1) is 0 Å². The number of hydrogen-bond donors (Lipinski definition) is 2. The van der Waals surface area contributed by atoms with E-state index in [1.54, 1.807) is 0 Å². The van der Waals surface area contributed by atoms with E-state index in [2.05, 4.69) is 22.9 Å². The summed E-state index contributed by atoms with van der Waals surface area (Å²) in [6.07, 6.45) is 8.56. The van der Waals surface area contributed by atoms with Crippen LogP contribution in [-0.4, -0.2) is 21.9 Å². The molecule has 5 heteroatoms. The Hall–Kier alpha value is -2.56. The zero-order valence-electron chi connectivity index (χ0n) is 20.9. The molecule has 2 aromatic rings. The molecule has 2 fully saturated rings. The topological polar surface area (TPSA) is 77.1 Å². The van der Waals surface area contributed by atoms with Crippen LogP contribution in [0.1, 0.15) is 105 Å². The smallest absolute Gasteiger partial charge is 0.251 e.